The van der Waals surface area contributed by atoms with Gasteiger partial charge in [0.15, 0.2) is 0 Å². The Morgan fingerprint density at radius 3 is 2.71 bits per heavy atom. The van der Waals surface area contributed by atoms with Crippen LogP contribution in [-0.2, 0) is 11.3 Å². The third-order valence-electron chi connectivity index (χ3n) is 3.84. The number of benzene rings is 1. The Labute approximate surface area is 136 Å². The van der Waals surface area contributed by atoms with Crippen LogP contribution in [0.2, 0.25) is 0 Å². The molecule has 1 aliphatic heterocycles. The zero-order valence-electron chi connectivity index (χ0n) is 12.9. The average Bonchev–Trinajstić information content (AvgIpc) is 3.13. The summed E-state index contributed by atoms with van der Waals surface area (Å²) in [6.45, 7) is 3.10. The lowest BCUT2D eigenvalue weighted by Gasteiger charge is -2.10. The van der Waals surface area contributed by atoms with Crippen molar-refractivity contribution >= 4 is 5.95 Å². The van der Waals surface area contributed by atoms with Crippen molar-refractivity contribution in [2.45, 2.75) is 38.3 Å². The minimum Gasteiger partial charge on any atom is -0.406 e. The number of hydrogen-bond donors (Lipinski definition) is 2. The average molecular weight is 342 g/mol. The molecule has 0 aliphatic carbocycles. The maximum atomic E-state index is 12.1. The number of nitrogens with zero attached hydrogens (tertiary/aromatic N) is 2. The summed E-state index contributed by atoms with van der Waals surface area (Å²) in [4.78, 5) is 4.39. The molecule has 1 aliphatic rings. The predicted molar refractivity (Wildman–Crippen MR) is 79.6 cm³/mol. The van der Waals surface area contributed by atoms with Gasteiger partial charge in [0.25, 0.3) is 0 Å². The second kappa shape index (κ2) is 6.68. The van der Waals surface area contributed by atoms with Gasteiger partial charge in [-0.15, -0.1) is 18.3 Å². The van der Waals surface area contributed by atoms with Gasteiger partial charge in [0.2, 0.25) is 5.95 Å². The van der Waals surface area contributed by atoms with E-state index in [4.69, 9.17) is 4.74 Å². The highest BCUT2D eigenvalue weighted by atomic mass is 19.4. The van der Waals surface area contributed by atoms with E-state index in [2.05, 4.69) is 25.2 Å². The van der Waals surface area contributed by atoms with Gasteiger partial charge < -0.3 is 14.8 Å². The number of rotatable bonds is 5. The Balaban J connectivity index is 1.55. The number of anilines is 1. The van der Waals surface area contributed by atoms with Gasteiger partial charge in [-0.2, -0.15) is 4.98 Å². The fourth-order valence-corrected chi connectivity index (χ4v) is 2.60. The van der Waals surface area contributed by atoms with E-state index in [0.29, 0.717) is 19.1 Å². The number of H-pyrrole nitrogens is 1. The van der Waals surface area contributed by atoms with E-state index in [1.807, 2.05) is 6.92 Å². The van der Waals surface area contributed by atoms with E-state index in [1.165, 1.54) is 12.1 Å². The SMILES string of the molecule is CC1OCCC1c1nc(NCc2ccc(OC(F)(F)F)cc2)n[nH]1. The molecule has 1 aromatic heterocycles. The highest BCUT2D eigenvalue weighted by Gasteiger charge is 2.31. The van der Waals surface area contributed by atoms with Crippen LogP contribution in [0.15, 0.2) is 24.3 Å². The molecule has 2 atom stereocenters. The maximum absolute atomic E-state index is 12.1. The first kappa shape index (κ1) is 16.6. The molecule has 2 N–H and O–H groups in total. The van der Waals surface area contributed by atoms with Crippen LogP contribution in [-0.4, -0.2) is 34.3 Å². The van der Waals surface area contributed by atoms with Crippen molar-refractivity contribution in [3.63, 3.8) is 0 Å². The first-order chi connectivity index (χ1) is 11.4. The van der Waals surface area contributed by atoms with Gasteiger partial charge in [0.05, 0.1) is 6.10 Å². The molecule has 2 aromatic rings. The van der Waals surface area contributed by atoms with Crippen LogP contribution in [0.1, 0.15) is 30.7 Å². The van der Waals surface area contributed by atoms with Crippen LogP contribution in [0.3, 0.4) is 0 Å². The van der Waals surface area contributed by atoms with E-state index in [9.17, 15) is 13.2 Å². The fraction of sp³-hybridized carbons (Fsp3) is 0.467. The van der Waals surface area contributed by atoms with Crippen LogP contribution in [0.5, 0.6) is 5.75 Å². The Morgan fingerprint density at radius 2 is 2.08 bits per heavy atom. The minimum absolute atomic E-state index is 0.104. The first-order valence-electron chi connectivity index (χ1n) is 7.53. The number of nitrogens with one attached hydrogen (secondary N) is 2. The molecule has 1 aromatic carbocycles. The van der Waals surface area contributed by atoms with E-state index in [1.54, 1.807) is 12.1 Å². The van der Waals surface area contributed by atoms with Gasteiger partial charge in [-0.05, 0) is 31.0 Å². The fourth-order valence-electron chi connectivity index (χ4n) is 2.60. The van der Waals surface area contributed by atoms with Crippen LogP contribution < -0.4 is 10.1 Å². The molecule has 3 rings (SSSR count). The van der Waals surface area contributed by atoms with Crippen molar-refractivity contribution in [2.75, 3.05) is 11.9 Å². The number of alkyl halides is 3. The Morgan fingerprint density at radius 1 is 1.33 bits per heavy atom. The molecule has 0 radical (unpaired) electrons. The highest BCUT2D eigenvalue weighted by Crippen LogP contribution is 2.29. The number of aromatic amines is 1. The van der Waals surface area contributed by atoms with Crippen LogP contribution in [0.25, 0.3) is 0 Å². The Kier molecular flexibility index (Phi) is 4.61. The molecule has 0 amide bonds. The smallest absolute Gasteiger partial charge is 0.406 e. The molecule has 1 fully saturated rings. The molecule has 130 valence electrons. The first-order valence-corrected chi connectivity index (χ1v) is 7.53. The number of ether oxygens (including phenoxy) is 2. The summed E-state index contributed by atoms with van der Waals surface area (Å²) in [5.74, 6) is 1.17. The third kappa shape index (κ3) is 4.16. The molecule has 24 heavy (non-hydrogen) atoms. The molecule has 0 bridgehead atoms. The number of halogens is 3. The normalized spacial score (nSPS) is 21.0. The summed E-state index contributed by atoms with van der Waals surface area (Å²) < 4.78 is 45.6. The Bertz CT molecular complexity index is 672. The third-order valence-corrected chi connectivity index (χ3v) is 3.84. The monoisotopic (exact) mass is 342 g/mol. The number of hydrogen-bond acceptors (Lipinski definition) is 5. The van der Waals surface area contributed by atoms with E-state index in [-0.39, 0.29) is 17.8 Å². The lowest BCUT2D eigenvalue weighted by atomic mass is 10.0. The zero-order chi connectivity index (χ0) is 17.2. The van der Waals surface area contributed by atoms with Crippen LogP contribution in [0.4, 0.5) is 19.1 Å². The van der Waals surface area contributed by atoms with Crippen molar-refractivity contribution < 1.29 is 22.6 Å². The molecule has 2 heterocycles. The van der Waals surface area contributed by atoms with Gasteiger partial charge in [-0.3, -0.25) is 5.10 Å². The lowest BCUT2D eigenvalue weighted by Crippen LogP contribution is -2.17. The van der Waals surface area contributed by atoms with Crippen molar-refractivity contribution in [1.29, 1.82) is 0 Å². The van der Waals surface area contributed by atoms with Gasteiger partial charge in [0, 0.05) is 19.1 Å². The number of aromatic nitrogens is 3. The maximum Gasteiger partial charge on any atom is 0.573 e. The highest BCUT2D eigenvalue weighted by molar-refractivity contribution is 5.31. The molecular weight excluding hydrogens is 325 g/mol. The summed E-state index contributed by atoms with van der Waals surface area (Å²) in [5, 5.41) is 10.0. The largest absolute Gasteiger partial charge is 0.573 e. The standard InChI is InChI=1S/C15H17F3N4O2/c1-9-12(6-7-23-9)13-20-14(22-21-13)19-8-10-2-4-11(5-3-10)24-15(16,17)18/h2-5,9,12H,6-8H2,1H3,(H2,19,20,21,22). The topological polar surface area (TPSA) is 72.1 Å². The van der Waals surface area contributed by atoms with Crippen LogP contribution in [0, 0.1) is 0 Å². The summed E-state index contributed by atoms with van der Waals surface area (Å²) in [6.07, 6.45) is -3.68. The molecule has 0 saturated carbocycles. The van der Waals surface area contributed by atoms with E-state index < -0.39 is 6.36 Å². The summed E-state index contributed by atoms with van der Waals surface area (Å²) in [6, 6.07) is 5.64. The quantitative estimate of drug-likeness (QED) is 0.873. The summed E-state index contributed by atoms with van der Waals surface area (Å²) in [7, 11) is 0. The Hall–Kier alpha value is -2.29. The minimum atomic E-state index is -4.68. The zero-order valence-corrected chi connectivity index (χ0v) is 12.9. The van der Waals surface area contributed by atoms with Gasteiger partial charge in [-0.1, -0.05) is 12.1 Å². The summed E-state index contributed by atoms with van der Waals surface area (Å²) >= 11 is 0. The molecule has 1 saturated heterocycles. The van der Waals surface area contributed by atoms with E-state index >= 15 is 0 Å². The van der Waals surface area contributed by atoms with Gasteiger partial charge in [0.1, 0.15) is 11.6 Å². The lowest BCUT2D eigenvalue weighted by molar-refractivity contribution is -0.274. The summed E-state index contributed by atoms with van der Waals surface area (Å²) in [5.41, 5.74) is 0.786. The van der Waals surface area contributed by atoms with Gasteiger partial charge in [-0.25, -0.2) is 0 Å². The second-order valence-electron chi connectivity index (χ2n) is 5.56. The molecular formula is C15H17F3N4O2. The molecule has 2 unspecified atom stereocenters. The van der Waals surface area contributed by atoms with Crippen molar-refractivity contribution in [1.82, 2.24) is 15.2 Å². The van der Waals surface area contributed by atoms with Crippen LogP contribution >= 0.6 is 0 Å². The van der Waals surface area contributed by atoms with E-state index in [0.717, 1.165) is 17.8 Å². The predicted octanol–water partition coefficient (Wildman–Crippen LogP) is 3.21. The van der Waals surface area contributed by atoms with Gasteiger partial charge >= 0.3 is 6.36 Å². The molecule has 0 spiro atoms. The van der Waals surface area contributed by atoms with Crippen molar-refractivity contribution in [3.8, 4) is 5.75 Å². The van der Waals surface area contributed by atoms with Crippen molar-refractivity contribution in [3.05, 3.63) is 35.7 Å². The second-order valence-corrected chi connectivity index (χ2v) is 5.56. The molecule has 9 heteroatoms. The van der Waals surface area contributed by atoms with Crippen molar-refractivity contribution in [2.24, 2.45) is 0 Å². The molecule has 6 nitrogen and oxygen atoms in total.